The van der Waals surface area contributed by atoms with Gasteiger partial charge in [-0.05, 0) is 61.6 Å². The average molecular weight is 575 g/mol. The second kappa shape index (κ2) is 13.2. The van der Waals surface area contributed by atoms with Gasteiger partial charge in [-0.25, -0.2) is 4.79 Å². The van der Waals surface area contributed by atoms with Gasteiger partial charge < -0.3 is 25.2 Å². The zero-order valence-corrected chi connectivity index (χ0v) is 24.5. The molecule has 2 amide bonds. The summed E-state index contributed by atoms with van der Waals surface area (Å²) in [4.78, 5) is 42.6. The van der Waals surface area contributed by atoms with E-state index in [9.17, 15) is 14.4 Å². The summed E-state index contributed by atoms with van der Waals surface area (Å²) in [6.45, 7) is 1.27. The molecule has 0 atom stereocenters. The topological polar surface area (TPSA) is 91.0 Å². The highest BCUT2D eigenvalue weighted by Gasteiger charge is 2.29. The van der Waals surface area contributed by atoms with Crippen LogP contribution in [0.25, 0.3) is 11.3 Å². The molecule has 1 aliphatic heterocycles. The van der Waals surface area contributed by atoms with Gasteiger partial charge in [0.2, 0.25) is 5.91 Å². The first-order valence-electron chi connectivity index (χ1n) is 14.0. The van der Waals surface area contributed by atoms with E-state index in [0.29, 0.717) is 41.1 Å². The van der Waals surface area contributed by atoms with Crippen molar-refractivity contribution in [2.75, 3.05) is 49.8 Å². The predicted molar refractivity (Wildman–Crippen MR) is 171 cm³/mol. The van der Waals surface area contributed by atoms with E-state index in [2.05, 4.69) is 15.5 Å². The maximum atomic E-state index is 13.4. The largest absolute Gasteiger partial charge is 0.465 e. The first-order valence-corrected chi connectivity index (χ1v) is 14.0. The fourth-order valence-electron chi connectivity index (χ4n) is 4.98. The quantitative estimate of drug-likeness (QED) is 0.191. The third-order valence-electron chi connectivity index (χ3n) is 7.22. The van der Waals surface area contributed by atoms with E-state index >= 15 is 0 Å². The first kappa shape index (κ1) is 29.3. The van der Waals surface area contributed by atoms with Crippen LogP contribution in [0.4, 0.5) is 17.1 Å². The lowest BCUT2D eigenvalue weighted by molar-refractivity contribution is -0.118. The first-order chi connectivity index (χ1) is 20.8. The second-order valence-electron chi connectivity index (χ2n) is 10.5. The van der Waals surface area contributed by atoms with Crippen molar-refractivity contribution in [2.24, 2.45) is 0 Å². The molecular formula is C35H34N4O4. The molecule has 43 heavy (non-hydrogen) atoms. The van der Waals surface area contributed by atoms with E-state index in [1.807, 2.05) is 104 Å². The molecule has 0 spiro atoms. The number of rotatable bonds is 10. The van der Waals surface area contributed by atoms with Crippen molar-refractivity contribution in [3.8, 4) is 0 Å². The fraction of sp³-hybridized carbons (Fsp3) is 0.171. The van der Waals surface area contributed by atoms with Crippen LogP contribution in [-0.2, 0) is 20.7 Å². The molecule has 4 aromatic carbocycles. The van der Waals surface area contributed by atoms with Crippen LogP contribution in [0.15, 0.2) is 103 Å². The minimum Gasteiger partial charge on any atom is -0.465 e. The number of methoxy groups -OCH3 is 1. The number of hydrogen-bond acceptors (Lipinski definition) is 6. The molecule has 2 N–H and O–H groups in total. The average Bonchev–Trinajstić information content (AvgIpc) is 3.35. The van der Waals surface area contributed by atoms with Crippen LogP contribution >= 0.6 is 0 Å². The summed E-state index contributed by atoms with van der Waals surface area (Å²) >= 11 is 0. The Morgan fingerprint density at radius 1 is 0.814 bits per heavy atom. The summed E-state index contributed by atoms with van der Waals surface area (Å²) in [7, 11) is 5.29. The van der Waals surface area contributed by atoms with Crippen LogP contribution in [0.2, 0.25) is 0 Å². The molecule has 1 heterocycles. The minimum absolute atomic E-state index is 0.0198. The van der Waals surface area contributed by atoms with Gasteiger partial charge in [0.1, 0.15) is 0 Å². The lowest BCUT2D eigenvalue weighted by atomic mass is 9.99. The smallest absolute Gasteiger partial charge is 0.337 e. The molecule has 0 radical (unpaired) electrons. The number of esters is 1. The van der Waals surface area contributed by atoms with Crippen molar-refractivity contribution in [2.45, 2.75) is 6.42 Å². The number of carbonyl (C=O) groups is 3. The van der Waals surface area contributed by atoms with Gasteiger partial charge in [-0.3, -0.25) is 9.59 Å². The van der Waals surface area contributed by atoms with E-state index in [1.54, 1.807) is 18.2 Å². The van der Waals surface area contributed by atoms with Gasteiger partial charge in [0.15, 0.2) is 0 Å². The Labute approximate surface area is 251 Å². The molecule has 5 rings (SSSR count). The van der Waals surface area contributed by atoms with Crippen LogP contribution in [0.5, 0.6) is 0 Å². The predicted octanol–water partition coefficient (Wildman–Crippen LogP) is 5.54. The standard InChI is InChI=1S/C35H34N4O4/c1-38(2)20-21-39(31(40)22-24-10-6-4-7-11-24)28-17-15-27(16-18-28)36-33(25-12-8-5-9-13-25)32-29-19-14-26(35(42)43-3)23-30(29)37-34(32)41/h4-19,23,36H,20-22H2,1-3H3,(H,37,41)/b33-32-. The Kier molecular flexibility index (Phi) is 8.98. The molecule has 8 heteroatoms. The zero-order chi connectivity index (χ0) is 30.3. The second-order valence-corrected chi connectivity index (χ2v) is 10.5. The van der Waals surface area contributed by atoms with Gasteiger partial charge in [0, 0.05) is 30.0 Å². The number of nitrogens with zero attached hydrogens (tertiary/aromatic N) is 2. The van der Waals surface area contributed by atoms with Gasteiger partial charge in [-0.1, -0.05) is 66.7 Å². The van der Waals surface area contributed by atoms with Crippen LogP contribution in [0.3, 0.4) is 0 Å². The molecular weight excluding hydrogens is 540 g/mol. The number of amides is 2. The van der Waals surface area contributed by atoms with E-state index in [1.165, 1.54) is 7.11 Å². The van der Waals surface area contributed by atoms with Crippen molar-refractivity contribution in [1.82, 2.24) is 4.90 Å². The molecule has 1 aliphatic rings. The van der Waals surface area contributed by atoms with Crippen LogP contribution in [0, 0.1) is 0 Å². The van der Waals surface area contributed by atoms with Gasteiger partial charge in [0.05, 0.1) is 36.1 Å². The highest BCUT2D eigenvalue weighted by atomic mass is 16.5. The van der Waals surface area contributed by atoms with Gasteiger partial charge in [-0.2, -0.15) is 0 Å². The van der Waals surface area contributed by atoms with Crippen LogP contribution < -0.4 is 15.5 Å². The molecule has 0 unspecified atom stereocenters. The minimum atomic E-state index is -0.474. The number of anilines is 3. The summed E-state index contributed by atoms with van der Waals surface area (Å²) in [6, 6.07) is 32.0. The van der Waals surface area contributed by atoms with Crippen molar-refractivity contribution in [1.29, 1.82) is 0 Å². The lowest BCUT2D eigenvalue weighted by Gasteiger charge is -2.25. The third kappa shape index (κ3) is 6.82. The lowest BCUT2D eigenvalue weighted by Crippen LogP contribution is -2.37. The summed E-state index contributed by atoms with van der Waals surface area (Å²) < 4.78 is 4.84. The van der Waals surface area contributed by atoms with E-state index < -0.39 is 5.97 Å². The maximum absolute atomic E-state index is 13.4. The maximum Gasteiger partial charge on any atom is 0.337 e. The van der Waals surface area contributed by atoms with E-state index in [0.717, 1.165) is 29.0 Å². The molecule has 0 aromatic heterocycles. The molecule has 0 fully saturated rings. The molecule has 4 aromatic rings. The number of fused-ring (bicyclic) bond motifs is 1. The summed E-state index contributed by atoms with van der Waals surface area (Å²) in [6.07, 6.45) is 0.310. The summed E-state index contributed by atoms with van der Waals surface area (Å²) in [5, 5.41) is 6.35. The Morgan fingerprint density at radius 2 is 1.49 bits per heavy atom. The van der Waals surface area contributed by atoms with Crippen molar-refractivity contribution < 1.29 is 19.1 Å². The number of carbonyl (C=O) groups excluding carboxylic acids is 3. The number of ether oxygens (including phenoxy) is 1. The number of hydrogen-bond donors (Lipinski definition) is 2. The van der Waals surface area contributed by atoms with E-state index in [-0.39, 0.29) is 11.8 Å². The highest BCUT2D eigenvalue weighted by Crippen LogP contribution is 2.38. The van der Waals surface area contributed by atoms with Crippen molar-refractivity contribution in [3.63, 3.8) is 0 Å². The molecule has 0 saturated carbocycles. The Hall–Kier alpha value is -5.21. The van der Waals surface area contributed by atoms with Crippen molar-refractivity contribution >= 4 is 46.1 Å². The molecule has 218 valence electrons. The fourth-order valence-corrected chi connectivity index (χ4v) is 4.98. The van der Waals surface area contributed by atoms with Gasteiger partial charge >= 0.3 is 5.97 Å². The van der Waals surface area contributed by atoms with Crippen LogP contribution in [-0.4, -0.2) is 57.0 Å². The summed E-state index contributed by atoms with van der Waals surface area (Å²) in [5.41, 5.74) is 6.01. The molecule has 8 nitrogen and oxygen atoms in total. The SMILES string of the molecule is COC(=O)c1ccc2c(c1)NC(=O)/C2=C(\Nc1ccc(N(CCN(C)C)C(=O)Cc2ccccc2)cc1)c1ccccc1. The highest BCUT2D eigenvalue weighted by molar-refractivity contribution is 6.37. The Balaban J connectivity index is 1.47. The Bertz CT molecular complexity index is 1650. The summed E-state index contributed by atoms with van der Waals surface area (Å²) in [5.74, 6) is -0.731. The normalized spacial score (nSPS) is 13.3. The number of benzene rings is 4. The van der Waals surface area contributed by atoms with Gasteiger partial charge in [-0.15, -0.1) is 0 Å². The van der Waals surface area contributed by atoms with Crippen LogP contribution in [0.1, 0.15) is 27.0 Å². The molecule has 0 bridgehead atoms. The molecule has 0 saturated heterocycles. The van der Waals surface area contributed by atoms with E-state index in [4.69, 9.17) is 4.74 Å². The van der Waals surface area contributed by atoms with Crippen molar-refractivity contribution in [3.05, 3.63) is 125 Å². The molecule has 0 aliphatic carbocycles. The number of likely N-dealkylation sites (N-methyl/N-ethyl adjacent to an activating group) is 1. The number of nitrogens with one attached hydrogen (secondary N) is 2. The van der Waals surface area contributed by atoms with Gasteiger partial charge in [0.25, 0.3) is 5.91 Å². The Morgan fingerprint density at radius 3 is 2.14 bits per heavy atom. The zero-order valence-electron chi connectivity index (χ0n) is 24.5. The monoisotopic (exact) mass is 574 g/mol. The third-order valence-corrected chi connectivity index (χ3v) is 7.22.